The van der Waals surface area contributed by atoms with Crippen molar-refractivity contribution in [2.75, 3.05) is 0 Å². The smallest absolute Gasteiger partial charge is 0.138 e. The van der Waals surface area contributed by atoms with Crippen LogP contribution in [0.25, 0.3) is 22.4 Å². The van der Waals surface area contributed by atoms with Crippen molar-refractivity contribution in [2.45, 2.75) is 26.4 Å². The molecule has 1 N–H and O–H groups in total. The molecule has 0 atom stereocenters. The highest BCUT2D eigenvalue weighted by atomic mass is 16.5. The molecule has 2 aromatic carbocycles. The molecule has 3 aromatic rings. The van der Waals surface area contributed by atoms with Gasteiger partial charge in [-0.05, 0) is 56.2 Å². The van der Waals surface area contributed by atoms with Gasteiger partial charge in [-0.25, -0.2) is 4.98 Å². The zero-order chi connectivity index (χ0) is 15.5. The molecule has 0 bridgehead atoms. The molecule has 0 spiro atoms. The summed E-state index contributed by atoms with van der Waals surface area (Å²) in [6.07, 6.45) is 2.82. The van der Waals surface area contributed by atoms with E-state index in [2.05, 4.69) is 22.6 Å². The molecular weight excluding hydrogens is 272 g/mol. The van der Waals surface area contributed by atoms with E-state index in [0.29, 0.717) is 0 Å². The lowest BCUT2D eigenvalue weighted by molar-refractivity contribution is 0.240. The van der Waals surface area contributed by atoms with Gasteiger partial charge in [0.25, 0.3) is 0 Å². The Hall–Kier alpha value is -2.55. The summed E-state index contributed by atoms with van der Waals surface area (Å²) in [6, 6.07) is 14.2. The van der Waals surface area contributed by atoms with Gasteiger partial charge in [0.15, 0.2) is 0 Å². The molecule has 0 aliphatic carbocycles. The summed E-state index contributed by atoms with van der Waals surface area (Å²) >= 11 is 0. The number of H-pyrrole nitrogens is 1. The molecule has 1 heterocycles. The zero-order valence-corrected chi connectivity index (χ0v) is 13.0. The molecule has 112 valence electrons. The standard InChI is InChI=1S/C19H20N2O/c1-4-7-14-12-15(10-11-18(14)22-13(2)3)19-20-16-8-5-6-9-17(16)21-19/h4-6,8-13H,1,7H2,2-3H3,(H,20,21). The minimum atomic E-state index is 0.153. The lowest BCUT2D eigenvalue weighted by atomic mass is 10.1. The van der Waals surface area contributed by atoms with E-state index in [1.165, 1.54) is 0 Å². The fourth-order valence-corrected chi connectivity index (χ4v) is 2.50. The Morgan fingerprint density at radius 1 is 1.23 bits per heavy atom. The minimum absolute atomic E-state index is 0.153. The first-order chi connectivity index (χ1) is 10.7. The molecule has 22 heavy (non-hydrogen) atoms. The average molecular weight is 292 g/mol. The van der Waals surface area contributed by atoms with E-state index in [1.807, 2.05) is 56.3 Å². The van der Waals surface area contributed by atoms with Crippen molar-refractivity contribution in [1.82, 2.24) is 9.97 Å². The van der Waals surface area contributed by atoms with Crippen LogP contribution in [0, 0.1) is 0 Å². The Labute approximate surface area is 130 Å². The number of hydrogen-bond acceptors (Lipinski definition) is 2. The maximum atomic E-state index is 5.87. The summed E-state index contributed by atoms with van der Waals surface area (Å²) in [5, 5.41) is 0. The van der Waals surface area contributed by atoms with Gasteiger partial charge in [-0.1, -0.05) is 18.2 Å². The number of ether oxygens (including phenoxy) is 1. The molecule has 0 saturated heterocycles. The summed E-state index contributed by atoms with van der Waals surface area (Å²) in [6.45, 7) is 7.90. The number of fused-ring (bicyclic) bond motifs is 1. The predicted octanol–water partition coefficient (Wildman–Crippen LogP) is 4.75. The third kappa shape index (κ3) is 2.89. The number of rotatable bonds is 5. The number of benzene rings is 2. The van der Waals surface area contributed by atoms with Crippen molar-refractivity contribution in [3.8, 4) is 17.1 Å². The van der Waals surface area contributed by atoms with Crippen molar-refractivity contribution in [3.63, 3.8) is 0 Å². The number of hydrogen-bond donors (Lipinski definition) is 1. The van der Waals surface area contributed by atoms with Gasteiger partial charge in [0, 0.05) is 5.56 Å². The van der Waals surface area contributed by atoms with E-state index in [-0.39, 0.29) is 6.10 Å². The van der Waals surface area contributed by atoms with Gasteiger partial charge in [-0.2, -0.15) is 0 Å². The Kier molecular flexibility index (Phi) is 3.96. The van der Waals surface area contributed by atoms with Crippen molar-refractivity contribution in [1.29, 1.82) is 0 Å². The van der Waals surface area contributed by atoms with E-state index in [4.69, 9.17) is 4.74 Å². The monoisotopic (exact) mass is 292 g/mol. The van der Waals surface area contributed by atoms with Crippen molar-refractivity contribution >= 4 is 11.0 Å². The van der Waals surface area contributed by atoms with Crippen LogP contribution < -0.4 is 4.74 Å². The largest absolute Gasteiger partial charge is 0.491 e. The SMILES string of the molecule is C=CCc1cc(-c2nc3ccccc3[nH]2)ccc1OC(C)C. The molecule has 0 saturated carbocycles. The molecule has 0 fully saturated rings. The van der Waals surface area contributed by atoms with E-state index in [9.17, 15) is 0 Å². The van der Waals surface area contributed by atoms with Gasteiger partial charge in [0.05, 0.1) is 17.1 Å². The van der Waals surface area contributed by atoms with Crippen molar-refractivity contribution in [2.24, 2.45) is 0 Å². The van der Waals surface area contributed by atoms with Crippen LogP contribution in [0.5, 0.6) is 5.75 Å². The second-order valence-electron chi connectivity index (χ2n) is 5.58. The normalized spacial score (nSPS) is 11.0. The number of nitrogens with zero attached hydrogens (tertiary/aromatic N) is 1. The van der Waals surface area contributed by atoms with Crippen LogP contribution in [0.2, 0.25) is 0 Å². The van der Waals surface area contributed by atoms with Gasteiger partial charge >= 0.3 is 0 Å². The lowest BCUT2D eigenvalue weighted by Gasteiger charge is -2.14. The average Bonchev–Trinajstić information content (AvgIpc) is 2.92. The number of aromatic nitrogens is 2. The second-order valence-corrected chi connectivity index (χ2v) is 5.58. The van der Waals surface area contributed by atoms with Crippen LogP contribution in [0.15, 0.2) is 55.1 Å². The minimum Gasteiger partial charge on any atom is -0.491 e. The fourth-order valence-electron chi connectivity index (χ4n) is 2.50. The number of allylic oxidation sites excluding steroid dienone is 1. The van der Waals surface area contributed by atoms with Crippen LogP contribution in [-0.2, 0) is 6.42 Å². The molecule has 0 unspecified atom stereocenters. The van der Waals surface area contributed by atoms with Gasteiger partial charge in [-0.3, -0.25) is 0 Å². The number of para-hydroxylation sites is 2. The summed E-state index contributed by atoms with van der Waals surface area (Å²) in [7, 11) is 0. The molecule has 3 rings (SSSR count). The van der Waals surface area contributed by atoms with Crippen LogP contribution in [0.3, 0.4) is 0 Å². The summed E-state index contributed by atoms with van der Waals surface area (Å²) < 4.78 is 5.87. The lowest BCUT2D eigenvalue weighted by Crippen LogP contribution is -2.07. The van der Waals surface area contributed by atoms with Crippen LogP contribution in [-0.4, -0.2) is 16.1 Å². The van der Waals surface area contributed by atoms with E-state index < -0.39 is 0 Å². The van der Waals surface area contributed by atoms with Crippen LogP contribution in [0.1, 0.15) is 19.4 Å². The van der Waals surface area contributed by atoms with Gasteiger partial charge in [0.2, 0.25) is 0 Å². The maximum absolute atomic E-state index is 5.87. The first-order valence-corrected chi connectivity index (χ1v) is 7.53. The molecule has 3 heteroatoms. The highest BCUT2D eigenvalue weighted by Crippen LogP contribution is 2.28. The second kappa shape index (κ2) is 6.06. The summed E-state index contributed by atoms with van der Waals surface area (Å²) in [5.41, 5.74) is 4.21. The van der Waals surface area contributed by atoms with E-state index in [1.54, 1.807) is 0 Å². The Morgan fingerprint density at radius 3 is 2.77 bits per heavy atom. The number of imidazole rings is 1. The Bertz CT molecular complexity index is 769. The highest BCUT2D eigenvalue weighted by molar-refractivity contribution is 5.79. The van der Waals surface area contributed by atoms with Gasteiger partial charge in [0.1, 0.15) is 11.6 Å². The van der Waals surface area contributed by atoms with Gasteiger partial charge < -0.3 is 9.72 Å². The maximum Gasteiger partial charge on any atom is 0.138 e. The zero-order valence-electron chi connectivity index (χ0n) is 13.0. The molecule has 0 amide bonds. The predicted molar refractivity (Wildman–Crippen MR) is 91.2 cm³/mol. The molecular formula is C19H20N2O. The van der Waals surface area contributed by atoms with Crippen molar-refractivity contribution < 1.29 is 4.74 Å². The first kappa shape index (κ1) is 14.4. The van der Waals surface area contributed by atoms with Crippen LogP contribution in [0.4, 0.5) is 0 Å². The molecule has 0 aliphatic rings. The topological polar surface area (TPSA) is 37.9 Å². The molecule has 3 nitrogen and oxygen atoms in total. The molecule has 0 radical (unpaired) electrons. The quantitative estimate of drug-likeness (QED) is 0.689. The van der Waals surface area contributed by atoms with Gasteiger partial charge in [-0.15, -0.1) is 6.58 Å². The Morgan fingerprint density at radius 2 is 2.05 bits per heavy atom. The highest BCUT2D eigenvalue weighted by Gasteiger charge is 2.10. The van der Waals surface area contributed by atoms with E-state index >= 15 is 0 Å². The Balaban J connectivity index is 2.03. The third-order valence-electron chi connectivity index (χ3n) is 3.45. The summed E-state index contributed by atoms with van der Waals surface area (Å²) in [4.78, 5) is 8.02. The number of nitrogens with one attached hydrogen (secondary N) is 1. The van der Waals surface area contributed by atoms with E-state index in [0.717, 1.165) is 40.2 Å². The molecule has 0 aliphatic heterocycles. The third-order valence-corrected chi connectivity index (χ3v) is 3.45. The fraction of sp³-hybridized carbons (Fsp3) is 0.211. The summed E-state index contributed by atoms with van der Waals surface area (Å²) in [5.74, 6) is 1.79. The number of aromatic amines is 1. The van der Waals surface area contributed by atoms with Crippen molar-refractivity contribution in [3.05, 3.63) is 60.7 Å². The molecule has 1 aromatic heterocycles. The van der Waals surface area contributed by atoms with Crippen LogP contribution >= 0.6 is 0 Å². The first-order valence-electron chi connectivity index (χ1n) is 7.53.